The molecule has 0 spiro atoms. The summed E-state index contributed by atoms with van der Waals surface area (Å²) in [6, 6.07) is 17.9. The Morgan fingerprint density at radius 3 is 2.13 bits per heavy atom. The van der Waals surface area contributed by atoms with Crippen molar-refractivity contribution in [2.24, 2.45) is 0 Å². The number of carbonyl (C=O) groups excluding carboxylic acids is 2. The van der Waals surface area contributed by atoms with Gasteiger partial charge in [0.2, 0.25) is 11.8 Å². The highest BCUT2D eigenvalue weighted by molar-refractivity contribution is 7.92. The third-order valence-electron chi connectivity index (χ3n) is 6.23. The van der Waals surface area contributed by atoms with Gasteiger partial charge in [-0.05, 0) is 74.4 Å². The minimum absolute atomic E-state index is 0.00462. The van der Waals surface area contributed by atoms with Crippen LogP contribution in [0.5, 0.6) is 0 Å². The number of nitrogens with zero attached hydrogens (tertiary/aromatic N) is 2. The van der Waals surface area contributed by atoms with Gasteiger partial charge in [0.05, 0.1) is 20.6 Å². The Hall–Kier alpha value is -2.78. The fourth-order valence-electron chi connectivity index (χ4n) is 3.74. The monoisotopic (exact) mass is 609 g/mol. The molecule has 2 atom stereocenters. The smallest absolute Gasteiger partial charge is 0.264 e. The van der Waals surface area contributed by atoms with E-state index in [4.69, 9.17) is 34.8 Å². The van der Waals surface area contributed by atoms with Crippen LogP contribution in [0.2, 0.25) is 15.1 Å². The highest BCUT2D eigenvalue weighted by Gasteiger charge is 2.32. The van der Waals surface area contributed by atoms with Crippen LogP contribution in [0.3, 0.4) is 0 Å². The highest BCUT2D eigenvalue weighted by atomic mass is 35.5. The Morgan fingerprint density at radius 2 is 1.54 bits per heavy atom. The second-order valence-electron chi connectivity index (χ2n) is 9.07. The fraction of sp³-hybridized carbons (Fsp3) is 0.286. The molecule has 0 aliphatic heterocycles. The van der Waals surface area contributed by atoms with Gasteiger partial charge >= 0.3 is 0 Å². The number of rotatable bonds is 11. The van der Waals surface area contributed by atoms with E-state index in [9.17, 15) is 18.0 Å². The van der Waals surface area contributed by atoms with Crippen molar-refractivity contribution < 1.29 is 18.0 Å². The number of halogens is 3. The lowest BCUT2D eigenvalue weighted by Gasteiger charge is -2.32. The minimum atomic E-state index is -4.15. The Morgan fingerprint density at radius 1 is 0.897 bits per heavy atom. The topological polar surface area (TPSA) is 86.8 Å². The third-order valence-corrected chi connectivity index (χ3v) is 9.01. The summed E-state index contributed by atoms with van der Waals surface area (Å²) in [7, 11) is -4.15. The molecule has 0 aromatic heterocycles. The Labute approximate surface area is 244 Å². The molecule has 0 bridgehead atoms. The van der Waals surface area contributed by atoms with E-state index < -0.39 is 28.5 Å². The molecule has 2 unspecified atom stereocenters. The average Bonchev–Trinajstić information content (AvgIpc) is 2.92. The molecule has 0 radical (unpaired) electrons. The molecule has 3 aromatic carbocycles. The first-order valence-electron chi connectivity index (χ1n) is 12.3. The molecule has 0 saturated carbocycles. The predicted molar refractivity (Wildman–Crippen MR) is 157 cm³/mol. The first-order chi connectivity index (χ1) is 18.4. The van der Waals surface area contributed by atoms with Crippen LogP contribution < -0.4 is 9.62 Å². The van der Waals surface area contributed by atoms with Crippen LogP contribution in [0.4, 0.5) is 5.69 Å². The third kappa shape index (κ3) is 7.88. The van der Waals surface area contributed by atoms with E-state index in [2.05, 4.69) is 5.32 Å². The molecule has 0 fully saturated rings. The lowest BCUT2D eigenvalue weighted by atomic mass is 10.1. The lowest BCUT2D eigenvalue weighted by molar-refractivity contribution is -0.139. The summed E-state index contributed by atoms with van der Waals surface area (Å²) in [6.45, 7) is 4.86. The zero-order valence-corrected chi connectivity index (χ0v) is 24.9. The van der Waals surface area contributed by atoms with Crippen LogP contribution in [0.1, 0.15) is 32.8 Å². The fourth-order valence-corrected chi connectivity index (χ4v) is 5.62. The number of amides is 2. The number of sulfonamides is 1. The van der Waals surface area contributed by atoms with Crippen LogP contribution in [-0.4, -0.2) is 43.8 Å². The van der Waals surface area contributed by atoms with Crippen molar-refractivity contribution >= 4 is 62.3 Å². The van der Waals surface area contributed by atoms with E-state index in [0.29, 0.717) is 27.1 Å². The normalized spacial score (nSPS) is 12.9. The molecule has 208 valence electrons. The van der Waals surface area contributed by atoms with Gasteiger partial charge in [0.15, 0.2) is 0 Å². The van der Waals surface area contributed by atoms with E-state index in [1.54, 1.807) is 55.5 Å². The molecule has 3 aromatic rings. The summed E-state index contributed by atoms with van der Waals surface area (Å²) in [4.78, 5) is 28.3. The van der Waals surface area contributed by atoms with Crippen molar-refractivity contribution in [2.45, 2.75) is 50.7 Å². The van der Waals surface area contributed by atoms with Crippen molar-refractivity contribution in [2.75, 3.05) is 10.8 Å². The number of hydrogen-bond acceptors (Lipinski definition) is 4. The van der Waals surface area contributed by atoms with Crippen molar-refractivity contribution in [1.29, 1.82) is 0 Å². The van der Waals surface area contributed by atoms with Gasteiger partial charge in [0.1, 0.15) is 12.6 Å². The summed E-state index contributed by atoms with van der Waals surface area (Å²) in [5.41, 5.74) is 0.882. The number of nitrogens with one attached hydrogen (secondary N) is 1. The summed E-state index contributed by atoms with van der Waals surface area (Å²) < 4.78 is 28.4. The second kappa shape index (κ2) is 13.5. The largest absolute Gasteiger partial charge is 0.352 e. The zero-order chi connectivity index (χ0) is 28.7. The van der Waals surface area contributed by atoms with Crippen LogP contribution >= 0.6 is 34.8 Å². The molecular formula is C28H30Cl3N3O4S. The van der Waals surface area contributed by atoms with Gasteiger partial charge in [0, 0.05) is 17.6 Å². The van der Waals surface area contributed by atoms with Crippen LogP contribution in [-0.2, 0) is 26.2 Å². The van der Waals surface area contributed by atoms with Crippen LogP contribution in [0.25, 0.3) is 0 Å². The number of benzene rings is 3. The summed E-state index contributed by atoms with van der Waals surface area (Å²) in [5, 5.41) is 3.96. The van der Waals surface area contributed by atoms with Crippen LogP contribution in [0.15, 0.2) is 77.7 Å². The Bertz CT molecular complexity index is 1400. The lowest BCUT2D eigenvalue weighted by Crippen LogP contribution is -2.52. The molecule has 2 amide bonds. The molecule has 0 heterocycles. The van der Waals surface area contributed by atoms with Gasteiger partial charge in [-0.15, -0.1) is 0 Å². The van der Waals surface area contributed by atoms with E-state index in [1.807, 2.05) is 13.8 Å². The van der Waals surface area contributed by atoms with Gasteiger partial charge in [-0.2, -0.15) is 0 Å². The van der Waals surface area contributed by atoms with E-state index in [-0.39, 0.29) is 29.1 Å². The molecule has 0 aliphatic carbocycles. The molecule has 7 nitrogen and oxygen atoms in total. The maximum Gasteiger partial charge on any atom is 0.264 e. The van der Waals surface area contributed by atoms with E-state index in [0.717, 1.165) is 4.31 Å². The first-order valence-corrected chi connectivity index (χ1v) is 14.9. The first kappa shape index (κ1) is 30.8. The van der Waals surface area contributed by atoms with Crippen molar-refractivity contribution in [1.82, 2.24) is 10.2 Å². The number of anilines is 1. The second-order valence-corrected chi connectivity index (χ2v) is 12.2. The zero-order valence-electron chi connectivity index (χ0n) is 21.8. The predicted octanol–water partition coefficient (Wildman–Crippen LogP) is 6.17. The number of hydrogen-bond donors (Lipinski definition) is 1. The SMILES string of the molecule is CCC(C)NC(=O)C(C)N(Cc1ccc(Cl)c(Cl)c1)C(=O)CN(c1ccc(Cl)cc1)S(=O)(=O)c1ccccc1. The summed E-state index contributed by atoms with van der Waals surface area (Å²) >= 11 is 18.3. The summed E-state index contributed by atoms with van der Waals surface area (Å²) in [5.74, 6) is -0.941. The molecule has 39 heavy (non-hydrogen) atoms. The molecule has 11 heteroatoms. The van der Waals surface area contributed by atoms with Gasteiger partial charge in [-0.25, -0.2) is 8.42 Å². The maximum atomic E-state index is 13.9. The van der Waals surface area contributed by atoms with Gasteiger partial charge in [-0.1, -0.05) is 66.0 Å². The van der Waals surface area contributed by atoms with E-state index >= 15 is 0 Å². The molecule has 0 aliphatic rings. The molecule has 3 rings (SSSR count). The standard InChI is InChI=1S/C28H30Cl3N3O4S/c1-4-19(2)32-28(36)20(3)33(17-21-10-15-25(30)26(31)16-21)27(35)18-34(23-13-11-22(29)12-14-23)39(37,38)24-8-6-5-7-9-24/h5-16,19-20H,4,17-18H2,1-3H3,(H,32,36). The molecular weight excluding hydrogens is 581 g/mol. The Balaban J connectivity index is 2.02. The van der Waals surface area contributed by atoms with Gasteiger partial charge in [0.25, 0.3) is 10.0 Å². The van der Waals surface area contributed by atoms with Crippen molar-refractivity contribution in [3.8, 4) is 0 Å². The maximum absolute atomic E-state index is 13.9. The summed E-state index contributed by atoms with van der Waals surface area (Å²) in [6.07, 6.45) is 0.707. The average molecular weight is 611 g/mol. The Kier molecular flexibility index (Phi) is 10.7. The van der Waals surface area contributed by atoms with Crippen molar-refractivity contribution in [3.63, 3.8) is 0 Å². The van der Waals surface area contributed by atoms with E-state index in [1.165, 1.54) is 29.2 Å². The van der Waals surface area contributed by atoms with Crippen molar-refractivity contribution in [3.05, 3.63) is 93.4 Å². The quantitative estimate of drug-likeness (QED) is 0.281. The van der Waals surface area contributed by atoms with Gasteiger partial charge in [-0.3, -0.25) is 13.9 Å². The van der Waals surface area contributed by atoms with Gasteiger partial charge < -0.3 is 10.2 Å². The van der Waals surface area contributed by atoms with Crippen LogP contribution in [0, 0.1) is 0 Å². The minimum Gasteiger partial charge on any atom is -0.352 e. The highest BCUT2D eigenvalue weighted by Crippen LogP contribution is 2.27. The number of carbonyl (C=O) groups is 2. The molecule has 0 saturated heterocycles. The molecule has 1 N–H and O–H groups in total.